The summed E-state index contributed by atoms with van der Waals surface area (Å²) in [5.74, 6) is -0.185. The highest BCUT2D eigenvalue weighted by Crippen LogP contribution is 2.15. The summed E-state index contributed by atoms with van der Waals surface area (Å²) in [4.78, 5) is 34.7. The molecule has 1 amide bonds. The van der Waals surface area contributed by atoms with E-state index in [1.807, 2.05) is 24.3 Å². The van der Waals surface area contributed by atoms with Gasteiger partial charge in [-0.1, -0.05) is 30.3 Å². The molecule has 1 fully saturated rings. The molecule has 0 atom stereocenters. The number of aromatic nitrogens is 2. The first kappa shape index (κ1) is 20.2. The van der Waals surface area contributed by atoms with Gasteiger partial charge in [0, 0.05) is 51.2 Å². The lowest BCUT2D eigenvalue weighted by Gasteiger charge is -2.36. The molecule has 0 bridgehead atoms. The van der Waals surface area contributed by atoms with Crippen molar-refractivity contribution in [1.82, 2.24) is 19.6 Å². The molecule has 0 aliphatic carbocycles. The summed E-state index contributed by atoms with van der Waals surface area (Å²) >= 11 is 0. The summed E-state index contributed by atoms with van der Waals surface area (Å²) in [6.07, 6.45) is 1.57. The van der Waals surface area contributed by atoms with Gasteiger partial charge in [0.2, 0.25) is 0 Å². The van der Waals surface area contributed by atoms with Crippen molar-refractivity contribution < 1.29 is 4.79 Å². The summed E-state index contributed by atoms with van der Waals surface area (Å²) in [6.45, 7) is 5.25. The zero-order valence-electron chi connectivity index (χ0n) is 17.8. The minimum atomic E-state index is -0.185. The normalized spacial score (nSPS) is 14.7. The number of pyridine rings is 1. The van der Waals surface area contributed by atoms with Crippen molar-refractivity contribution in [2.75, 3.05) is 44.2 Å². The maximum Gasteiger partial charge on any atom is 0.265 e. The first-order valence-corrected chi connectivity index (χ1v) is 10.9. The number of hydrogen-bond acceptors (Lipinski definition) is 5. The fraction of sp³-hybridized carbons (Fsp3) is 0.240. The monoisotopic (exact) mass is 427 g/mol. The topological polar surface area (TPSA) is 70.0 Å². The number of nitrogens with zero attached hydrogens (tertiary/aromatic N) is 4. The van der Waals surface area contributed by atoms with Crippen LogP contribution in [0.25, 0.3) is 16.6 Å². The van der Waals surface area contributed by atoms with E-state index in [2.05, 4.69) is 44.4 Å². The quantitative estimate of drug-likeness (QED) is 0.496. The SMILES string of the molecule is O=C(NCCN1CCN(c2ccccc2)CC1)c1ccc2nc3ccccc3c(=O)n2c1. The average molecular weight is 428 g/mol. The van der Waals surface area contributed by atoms with E-state index in [1.165, 1.54) is 10.1 Å². The lowest BCUT2D eigenvalue weighted by molar-refractivity contribution is 0.0947. The van der Waals surface area contributed by atoms with Crippen LogP contribution in [-0.4, -0.2) is 59.5 Å². The van der Waals surface area contributed by atoms with E-state index in [0.717, 1.165) is 32.7 Å². The Bertz CT molecular complexity index is 1310. The molecule has 0 saturated carbocycles. The van der Waals surface area contributed by atoms with Gasteiger partial charge in [-0.05, 0) is 36.4 Å². The standard InChI is InChI=1S/C25H25N5O2/c31-24(26-12-13-28-14-16-29(17-15-28)20-6-2-1-3-7-20)19-10-11-23-27-22-9-5-4-8-21(22)25(32)30(23)18-19/h1-11,18H,12-17H2,(H,26,31). The Balaban J connectivity index is 1.19. The van der Waals surface area contributed by atoms with Crippen molar-refractivity contribution in [1.29, 1.82) is 0 Å². The first-order chi connectivity index (χ1) is 15.7. The van der Waals surface area contributed by atoms with Crippen LogP contribution < -0.4 is 15.8 Å². The zero-order valence-corrected chi connectivity index (χ0v) is 17.8. The molecule has 1 N–H and O–H groups in total. The molecule has 7 nitrogen and oxygen atoms in total. The third-order valence-electron chi connectivity index (χ3n) is 5.98. The average Bonchev–Trinajstić information content (AvgIpc) is 2.85. The minimum absolute atomic E-state index is 0.170. The number of para-hydroxylation sites is 2. The lowest BCUT2D eigenvalue weighted by atomic mass is 10.2. The molecule has 3 heterocycles. The van der Waals surface area contributed by atoms with Gasteiger partial charge >= 0.3 is 0 Å². The van der Waals surface area contributed by atoms with Crippen LogP contribution in [0.3, 0.4) is 0 Å². The van der Waals surface area contributed by atoms with Crippen molar-refractivity contribution >= 4 is 28.1 Å². The molecule has 5 rings (SSSR count). The molecule has 4 aromatic rings. The maximum absolute atomic E-state index is 12.8. The summed E-state index contributed by atoms with van der Waals surface area (Å²) in [5.41, 5.74) is 2.72. The number of anilines is 1. The Kier molecular flexibility index (Phi) is 5.56. The Labute approximate surface area is 185 Å². The van der Waals surface area contributed by atoms with E-state index in [4.69, 9.17) is 0 Å². The second-order valence-electron chi connectivity index (χ2n) is 8.00. The Morgan fingerprint density at radius 2 is 1.66 bits per heavy atom. The minimum Gasteiger partial charge on any atom is -0.369 e. The van der Waals surface area contributed by atoms with Crippen LogP contribution in [-0.2, 0) is 0 Å². The van der Waals surface area contributed by atoms with E-state index < -0.39 is 0 Å². The number of rotatable bonds is 5. The molecule has 0 unspecified atom stereocenters. The van der Waals surface area contributed by atoms with Crippen molar-refractivity contribution in [3.63, 3.8) is 0 Å². The number of carbonyl (C=O) groups is 1. The van der Waals surface area contributed by atoms with E-state index in [1.54, 1.807) is 24.4 Å². The number of fused-ring (bicyclic) bond motifs is 2. The number of benzene rings is 2. The molecule has 32 heavy (non-hydrogen) atoms. The number of carbonyl (C=O) groups excluding carboxylic acids is 1. The summed E-state index contributed by atoms with van der Waals surface area (Å²) < 4.78 is 1.44. The Morgan fingerprint density at radius 3 is 2.47 bits per heavy atom. The van der Waals surface area contributed by atoms with Crippen LogP contribution in [0.5, 0.6) is 0 Å². The van der Waals surface area contributed by atoms with Gasteiger partial charge in [0.05, 0.1) is 16.5 Å². The highest BCUT2D eigenvalue weighted by atomic mass is 16.1. The van der Waals surface area contributed by atoms with Crippen LogP contribution in [0.4, 0.5) is 5.69 Å². The van der Waals surface area contributed by atoms with Crippen LogP contribution in [0, 0.1) is 0 Å². The fourth-order valence-corrected chi connectivity index (χ4v) is 4.18. The molecule has 1 aliphatic heterocycles. The van der Waals surface area contributed by atoms with Crippen molar-refractivity contribution in [3.8, 4) is 0 Å². The first-order valence-electron chi connectivity index (χ1n) is 10.9. The Hall–Kier alpha value is -3.71. The van der Waals surface area contributed by atoms with Gasteiger partial charge in [0.1, 0.15) is 5.65 Å². The maximum atomic E-state index is 12.8. The highest BCUT2D eigenvalue weighted by molar-refractivity contribution is 5.94. The van der Waals surface area contributed by atoms with Crippen LogP contribution in [0.1, 0.15) is 10.4 Å². The third kappa shape index (κ3) is 4.07. The second kappa shape index (κ2) is 8.80. The molecule has 1 saturated heterocycles. The predicted molar refractivity (Wildman–Crippen MR) is 126 cm³/mol. The summed E-state index contributed by atoms with van der Waals surface area (Å²) in [7, 11) is 0. The van der Waals surface area contributed by atoms with Crippen molar-refractivity contribution in [2.45, 2.75) is 0 Å². The van der Waals surface area contributed by atoms with Crippen LogP contribution in [0.2, 0.25) is 0 Å². The molecular formula is C25H25N5O2. The largest absolute Gasteiger partial charge is 0.369 e. The summed E-state index contributed by atoms with van der Waals surface area (Å²) in [6, 6.07) is 21.1. The Morgan fingerprint density at radius 1 is 0.906 bits per heavy atom. The van der Waals surface area contributed by atoms with Gasteiger partial charge in [-0.2, -0.15) is 0 Å². The number of piperazine rings is 1. The predicted octanol–water partition coefficient (Wildman–Crippen LogP) is 2.40. The van der Waals surface area contributed by atoms with Crippen molar-refractivity contribution in [2.24, 2.45) is 0 Å². The molecule has 1 aliphatic rings. The zero-order chi connectivity index (χ0) is 21.9. The molecule has 7 heteroatoms. The molecule has 162 valence electrons. The van der Waals surface area contributed by atoms with E-state index in [9.17, 15) is 9.59 Å². The lowest BCUT2D eigenvalue weighted by Crippen LogP contribution is -2.48. The van der Waals surface area contributed by atoms with Crippen LogP contribution in [0.15, 0.2) is 77.7 Å². The van der Waals surface area contributed by atoms with Gasteiger partial charge in [0.25, 0.3) is 11.5 Å². The molecule has 0 radical (unpaired) electrons. The second-order valence-corrected chi connectivity index (χ2v) is 8.00. The van der Waals surface area contributed by atoms with E-state index >= 15 is 0 Å². The molecule has 2 aromatic carbocycles. The summed E-state index contributed by atoms with van der Waals surface area (Å²) in [5, 5.41) is 3.52. The number of amides is 1. The molecule has 0 spiro atoms. The number of nitrogens with one attached hydrogen (secondary N) is 1. The molecular weight excluding hydrogens is 402 g/mol. The fourth-order valence-electron chi connectivity index (χ4n) is 4.18. The van der Waals surface area contributed by atoms with Gasteiger partial charge in [-0.15, -0.1) is 0 Å². The smallest absolute Gasteiger partial charge is 0.265 e. The van der Waals surface area contributed by atoms with Crippen molar-refractivity contribution in [3.05, 3.63) is 88.8 Å². The van der Waals surface area contributed by atoms with E-state index in [-0.39, 0.29) is 11.5 Å². The highest BCUT2D eigenvalue weighted by Gasteiger charge is 2.17. The third-order valence-corrected chi connectivity index (χ3v) is 5.98. The number of hydrogen-bond donors (Lipinski definition) is 1. The van der Waals surface area contributed by atoms with E-state index in [0.29, 0.717) is 28.7 Å². The van der Waals surface area contributed by atoms with Crippen LogP contribution >= 0.6 is 0 Å². The van der Waals surface area contributed by atoms with Gasteiger partial charge in [-0.25, -0.2) is 4.98 Å². The molecule has 2 aromatic heterocycles. The van der Waals surface area contributed by atoms with Gasteiger partial charge < -0.3 is 10.2 Å². The van der Waals surface area contributed by atoms with Gasteiger partial charge in [0.15, 0.2) is 0 Å². The van der Waals surface area contributed by atoms with Gasteiger partial charge in [-0.3, -0.25) is 18.9 Å².